The van der Waals surface area contributed by atoms with Crippen molar-refractivity contribution in [2.45, 2.75) is 19.5 Å². The van der Waals surface area contributed by atoms with Gasteiger partial charge >= 0.3 is 6.18 Å². The van der Waals surface area contributed by atoms with Crippen molar-refractivity contribution in [1.29, 1.82) is 0 Å². The van der Waals surface area contributed by atoms with E-state index in [1.165, 1.54) is 12.4 Å². The summed E-state index contributed by atoms with van der Waals surface area (Å²) >= 11 is 3.41. The van der Waals surface area contributed by atoms with Crippen LogP contribution in [0.4, 0.5) is 18.9 Å². The highest BCUT2D eigenvalue weighted by atomic mass is 79.9. The van der Waals surface area contributed by atoms with Gasteiger partial charge in [-0.15, -0.1) is 0 Å². The number of amides is 1. The molecule has 1 N–H and O–H groups in total. The fourth-order valence-electron chi connectivity index (χ4n) is 2.43. The Labute approximate surface area is 178 Å². The van der Waals surface area contributed by atoms with Gasteiger partial charge in [-0.2, -0.15) is 18.3 Å². The minimum Gasteiger partial charge on any atom is -0.488 e. The fourth-order valence-corrected chi connectivity index (χ4v) is 2.83. The number of nitrogens with one attached hydrogen (secondary N) is 1. The molecule has 3 rings (SSSR count). The van der Waals surface area contributed by atoms with Crippen molar-refractivity contribution >= 4 is 27.5 Å². The Kier molecular flexibility index (Phi) is 7.11. The summed E-state index contributed by atoms with van der Waals surface area (Å²) in [7, 11) is 0. The minimum atomic E-state index is -4.40. The summed E-state index contributed by atoms with van der Waals surface area (Å²) in [4.78, 5) is 12.3. The Hall–Kier alpha value is -2.85. The summed E-state index contributed by atoms with van der Waals surface area (Å²) in [5.74, 6) is 0.347. The SMILES string of the molecule is O=C(Nc1cnn(COCC(F)(F)F)c1)c1ccc(COc2ccccc2Br)cc1. The van der Waals surface area contributed by atoms with Gasteiger partial charge in [0.1, 0.15) is 25.7 Å². The van der Waals surface area contributed by atoms with E-state index in [0.29, 0.717) is 17.9 Å². The van der Waals surface area contributed by atoms with Crippen molar-refractivity contribution in [3.8, 4) is 5.75 Å². The number of alkyl halides is 3. The lowest BCUT2D eigenvalue weighted by molar-refractivity contribution is -0.182. The molecule has 0 aliphatic carbocycles. The van der Waals surface area contributed by atoms with E-state index in [-0.39, 0.29) is 12.6 Å². The van der Waals surface area contributed by atoms with E-state index in [0.717, 1.165) is 20.5 Å². The first-order valence-electron chi connectivity index (χ1n) is 8.75. The number of aromatic nitrogens is 2. The number of halogens is 4. The number of hydrogen-bond donors (Lipinski definition) is 1. The van der Waals surface area contributed by atoms with E-state index in [2.05, 4.69) is 31.1 Å². The van der Waals surface area contributed by atoms with Gasteiger partial charge < -0.3 is 14.8 Å². The average Bonchev–Trinajstić information content (AvgIpc) is 3.14. The van der Waals surface area contributed by atoms with Crippen LogP contribution in [0.3, 0.4) is 0 Å². The summed E-state index contributed by atoms with van der Waals surface area (Å²) < 4.78 is 48.5. The molecule has 10 heteroatoms. The smallest absolute Gasteiger partial charge is 0.411 e. The molecule has 0 spiro atoms. The predicted octanol–water partition coefficient (Wildman–Crippen LogP) is 5.01. The highest BCUT2D eigenvalue weighted by Crippen LogP contribution is 2.24. The van der Waals surface area contributed by atoms with Crippen molar-refractivity contribution in [3.05, 3.63) is 76.5 Å². The van der Waals surface area contributed by atoms with Gasteiger partial charge in [0.05, 0.1) is 22.6 Å². The van der Waals surface area contributed by atoms with E-state index in [4.69, 9.17) is 4.74 Å². The van der Waals surface area contributed by atoms with Crippen LogP contribution < -0.4 is 10.1 Å². The van der Waals surface area contributed by atoms with Crippen molar-refractivity contribution in [2.75, 3.05) is 11.9 Å². The minimum absolute atomic E-state index is 0.342. The lowest BCUT2D eigenvalue weighted by atomic mass is 10.1. The second-order valence-electron chi connectivity index (χ2n) is 6.23. The van der Waals surface area contributed by atoms with Crippen LogP contribution in [0, 0.1) is 0 Å². The lowest BCUT2D eigenvalue weighted by Gasteiger charge is -2.09. The van der Waals surface area contributed by atoms with Crippen LogP contribution in [0.25, 0.3) is 0 Å². The number of hydrogen-bond acceptors (Lipinski definition) is 4. The maximum absolute atomic E-state index is 12.3. The zero-order chi connectivity index (χ0) is 21.6. The molecule has 2 aromatic carbocycles. The molecule has 3 aromatic rings. The van der Waals surface area contributed by atoms with E-state index >= 15 is 0 Å². The quantitative estimate of drug-likeness (QED) is 0.488. The normalized spacial score (nSPS) is 11.3. The highest BCUT2D eigenvalue weighted by Gasteiger charge is 2.27. The van der Waals surface area contributed by atoms with Crippen LogP contribution in [0.5, 0.6) is 5.75 Å². The number of benzene rings is 2. The molecule has 6 nitrogen and oxygen atoms in total. The van der Waals surface area contributed by atoms with Crippen molar-refractivity contribution in [1.82, 2.24) is 9.78 Å². The molecule has 1 aromatic heterocycles. The molecule has 1 heterocycles. The van der Waals surface area contributed by atoms with Gasteiger partial charge in [0.2, 0.25) is 0 Å². The zero-order valence-electron chi connectivity index (χ0n) is 15.5. The fraction of sp³-hybridized carbons (Fsp3) is 0.200. The van der Waals surface area contributed by atoms with Gasteiger partial charge in [-0.05, 0) is 45.8 Å². The summed E-state index contributed by atoms with van der Waals surface area (Å²) in [5.41, 5.74) is 1.65. The first-order chi connectivity index (χ1) is 14.3. The molecule has 0 saturated carbocycles. The molecular formula is C20H17BrF3N3O3. The largest absolute Gasteiger partial charge is 0.488 e. The molecule has 0 saturated heterocycles. The third-order valence-electron chi connectivity index (χ3n) is 3.83. The summed E-state index contributed by atoms with van der Waals surface area (Å²) in [5, 5.41) is 6.48. The number of carbonyl (C=O) groups excluding carboxylic acids is 1. The number of anilines is 1. The first kappa shape index (κ1) is 21.8. The third kappa shape index (κ3) is 6.60. The Morgan fingerprint density at radius 3 is 2.57 bits per heavy atom. The molecule has 0 aliphatic rings. The topological polar surface area (TPSA) is 65.4 Å². The maximum atomic E-state index is 12.3. The van der Waals surface area contributed by atoms with Crippen molar-refractivity contribution in [3.63, 3.8) is 0 Å². The Morgan fingerprint density at radius 1 is 1.13 bits per heavy atom. The van der Waals surface area contributed by atoms with Gasteiger partial charge in [-0.25, -0.2) is 4.68 Å². The van der Waals surface area contributed by atoms with E-state index in [1.54, 1.807) is 24.3 Å². The highest BCUT2D eigenvalue weighted by molar-refractivity contribution is 9.10. The zero-order valence-corrected chi connectivity index (χ0v) is 17.1. The molecule has 0 bridgehead atoms. The second-order valence-corrected chi connectivity index (χ2v) is 7.09. The van der Waals surface area contributed by atoms with Crippen molar-refractivity contribution in [2.24, 2.45) is 0 Å². The Balaban J connectivity index is 1.50. The van der Waals surface area contributed by atoms with Gasteiger partial charge in [0.15, 0.2) is 0 Å². The molecule has 0 radical (unpaired) electrons. The molecule has 0 unspecified atom stereocenters. The molecule has 158 valence electrons. The van der Waals surface area contributed by atoms with Gasteiger partial charge in [-0.3, -0.25) is 4.79 Å². The van der Waals surface area contributed by atoms with Crippen LogP contribution in [-0.4, -0.2) is 28.5 Å². The average molecular weight is 484 g/mol. The number of rotatable bonds is 8. The number of carbonyl (C=O) groups is 1. The Bertz CT molecular complexity index is 991. The van der Waals surface area contributed by atoms with Gasteiger partial charge in [0.25, 0.3) is 5.91 Å². The summed E-state index contributed by atoms with van der Waals surface area (Å²) in [6.45, 7) is -1.40. The maximum Gasteiger partial charge on any atom is 0.411 e. The second kappa shape index (κ2) is 9.77. The standard InChI is InChI=1S/C20H17BrF3N3O3/c21-17-3-1-2-4-18(17)30-11-14-5-7-15(8-6-14)19(28)26-16-9-25-27(10-16)13-29-12-20(22,23)24/h1-10H,11-13H2,(H,26,28). The molecule has 0 atom stereocenters. The number of nitrogens with zero attached hydrogens (tertiary/aromatic N) is 2. The van der Waals surface area contributed by atoms with E-state index in [9.17, 15) is 18.0 Å². The van der Waals surface area contributed by atoms with Crippen LogP contribution in [0.1, 0.15) is 15.9 Å². The third-order valence-corrected chi connectivity index (χ3v) is 4.48. The summed E-state index contributed by atoms with van der Waals surface area (Å²) in [6.07, 6.45) is -1.69. The van der Waals surface area contributed by atoms with Crippen LogP contribution in [0.15, 0.2) is 65.4 Å². The molecule has 0 fully saturated rings. The number of para-hydroxylation sites is 1. The lowest BCUT2D eigenvalue weighted by Crippen LogP contribution is -2.18. The first-order valence-corrected chi connectivity index (χ1v) is 9.54. The summed E-state index contributed by atoms with van der Waals surface area (Å²) in [6, 6.07) is 14.4. The van der Waals surface area contributed by atoms with Gasteiger partial charge in [0, 0.05) is 5.56 Å². The predicted molar refractivity (Wildman–Crippen MR) is 107 cm³/mol. The van der Waals surface area contributed by atoms with Crippen LogP contribution in [0.2, 0.25) is 0 Å². The van der Waals surface area contributed by atoms with E-state index in [1.807, 2.05) is 24.3 Å². The van der Waals surface area contributed by atoms with Crippen LogP contribution in [-0.2, 0) is 18.1 Å². The van der Waals surface area contributed by atoms with Crippen molar-refractivity contribution < 1.29 is 27.4 Å². The van der Waals surface area contributed by atoms with Gasteiger partial charge in [-0.1, -0.05) is 24.3 Å². The molecule has 0 aliphatic heterocycles. The Morgan fingerprint density at radius 2 is 1.87 bits per heavy atom. The number of ether oxygens (including phenoxy) is 2. The molecular weight excluding hydrogens is 467 g/mol. The molecule has 30 heavy (non-hydrogen) atoms. The molecule has 1 amide bonds. The van der Waals surface area contributed by atoms with Crippen LogP contribution >= 0.6 is 15.9 Å². The monoisotopic (exact) mass is 483 g/mol. The van der Waals surface area contributed by atoms with E-state index < -0.39 is 12.8 Å².